The second-order valence-corrected chi connectivity index (χ2v) is 11.5. The van der Waals surface area contributed by atoms with E-state index in [9.17, 15) is 0 Å². The van der Waals surface area contributed by atoms with Gasteiger partial charge in [0.25, 0.3) is 0 Å². The molecular weight excluding hydrogens is 331 g/mol. The molecule has 0 unspecified atom stereocenters. The fraction of sp³-hybridized carbons (Fsp3) is 0.833. The van der Waals surface area contributed by atoms with Crippen LogP contribution in [0.2, 0.25) is 25.7 Å². The van der Waals surface area contributed by atoms with Crippen LogP contribution in [0.4, 0.5) is 0 Å². The SMILES string of the molecule is CC[C@H](OCOCC[Si](C)(C)C)/C(C)=C/I. The van der Waals surface area contributed by atoms with Gasteiger partial charge in [0.1, 0.15) is 6.79 Å². The minimum Gasteiger partial charge on any atom is -0.356 e. The van der Waals surface area contributed by atoms with E-state index >= 15 is 0 Å². The topological polar surface area (TPSA) is 18.5 Å². The van der Waals surface area contributed by atoms with Gasteiger partial charge in [0.15, 0.2) is 0 Å². The zero-order valence-electron chi connectivity index (χ0n) is 11.2. The maximum atomic E-state index is 5.68. The van der Waals surface area contributed by atoms with Gasteiger partial charge < -0.3 is 9.47 Å². The second kappa shape index (κ2) is 8.66. The summed E-state index contributed by atoms with van der Waals surface area (Å²) in [5.41, 5.74) is 1.27. The minimum absolute atomic E-state index is 0.212. The highest BCUT2D eigenvalue weighted by Gasteiger charge is 2.12. The Morgan fingerprint density at radius 3 is 2.44 bits per heavy atom. The molecule has 16 heavy (non-hydrogen) atoms. The largest absolute Gasteiger partial charge is 0.356 e. The Bertz CT molecular complexity index is 212. The van der Waals surface area contributed by atoms with E-state index in [1.54, 1.807) is 0 Å². The first kappa shape index (κ1) is 16.6. The van der Waals surface area contributed by atoms with Crippen LogP contribution in [0, 0.1) is 0 Å². The van der Waals surface area contributed by atoms with Gasteiger partial charge in [-0.1, -0.05) is 49.2 Å². The van der Waals surface area contributed by atoms with E-state index in [0.29, 0.717) is 6.79 Å². The molecule has 96 valence electrons. The van der Waals surface area contributed by atoms with Crippen LogP contribution >= 0.6 is 22.6 Å². The number of ether oxygens (including phenoxy) is 2. The molecule has 0 saturated heterocycles. The van der Waals surface area contributed by atoms with Crippen molar-refractivity contribution in [3.63, 3.8) is 0 Å². The fourth-order valence-corrected chi connectivity index (χ4v) is 2.37. The number of rotatable bonds is 8. The highest BCUT2D eigenvalue weighted by atomic mass is 127. The Labute approximate surface area is 115 Å². The Morgan fingerprint density at radius 2 is 2.00 bits per heavy atom. The zero-order chi connectivity index (χ0) is 12.6. The first-order valence-corrected chi connectivity index (χ1v) is 10.8. The van der Waals surface area contributed by atoms with Crippen molar-refractivity contribution in [2.24, 2.45) is 0 Å². The third-order valence-electron chi connectivity index (χ3n) is 2.40. The molecule has 0 aromatic heterocycles. The minimum atomic E-state index is -0.965. The molecule has 0 heterocycles. The summed E-state index contributed by atoms with van der Waals surface area (Å²) in [6.07, 6.45) is 1.21. The van der Waals surface area contributed by atoms with Crippen molar-refractivity contribution in [1.82, 2.24) is 0 Å². The van der Waals surface area contributed by atoms with Crippen molar-refractivity contribution in [3.05, 3.63) is 9.66 Å². The first-order valence-electron chi connectivity index (χ1n) is 5.87. The summed E-state index contributed by atoms with van der Waals surface area (Å²) in [6.45, 7) is 12.6. The Kier molecular flexibility index (Phi) is 8.99. The van der Waals surface area contributed by atoms with Crippen LogP contribution in [-0.4, -0.2) is 27.6 Å². The van der Waals surface area contributed by atoms with Crippen molar-refractivity contribution in [3.8, 4) is 0 Å². The smallest absolute Gasteiger partial charge is 0.147 e. The van der Waals surface area contributed by atoms with Crippen LogP contribution < -0.4 is 0 Å². The molecule has 0 aliphatic rings. The average Bonchev–Trinajstić information content (AvgIpc) is 2.21. The highest BCUT2D eigenvalue weighted by Crippen LogP contribution is 2.13. The Balaban J connectivity index is 3.65. The lowest BCUT2D eigenvalue weighted by molar-refractivity contribution is -0.0755. The van der Waals surface area contributed by atoms with Crippen molar-refractivity contribution in [2.45, 2.75) is 52.1 Å². The van der Waals surface area contributed by atoms with Crippen molar-refractivity contribution in [2.75, 3.05) is 13.4 Å². The molecule has 1 atom stereocenters. The van der Waals surface area contributed by atoms with Gasteiger partial charge in [0.2, 0.25) is 0 Å². The van der Waals surface area contributed by atoms with Crippen molar-refractivity contribution in [1.29, 1.82) is 0 Å². The van der Waals surface area contributed by atoms with Crippen molar-refractivity contribution >= 4 is 30.7 Å². The van der Waals surface area contributed by atoms with E-state index in [2.05, 4.69) is 60.2 Å². The maximum absolute atomic E-state index is 5.68. The van der Waals surface area contributed by atoms with Gasteiger partial charge in [-0.3, -0.25) is 0 Å². The first-order chi connectivity index (χ1) is 7.40. The van der Waals surface area contributed by atoms with Crippen LogP contribution in [0.15, 0.2) is 9.66 Å². The lowest BCUT2D eigenvalue weighted by Gasteiger charge is -2.18. The Hall–Kier alpha value is 0.607. The number of halogens is 1. The van der Waals surface area contributed by atoms with Crippen LogP contribution in [0.1, 0.15) is 20.3 Å². The van der Waals surface area contributed by atoms with E-state index in [1.807, 2.05) is 0 Å². The molecule has 0 fully saturated rings. The molecule has 4 heteroatoms. The molecule has 0 aromatic rings. The number of hydrogen-bond donors (Lipinski definition) is 0. The predicted molar refractivity (Wildman–Crippen MR) is 81.9 cm³/mol. The van der Waals surface area contributed by atoms with E-state index in [1.165, 1.54) is 11.6 Å². The molecule has 0 aliphatic heterocycles. The highest BCUT2D eigenvalue weighted by molar-refractivity contribution is 14.1. The van der Waals surface area contributed by atoms with Crippen LogP contribution in [0.25, 0.3) is 0 Å². The summed E-state index contributed by atoms with van der Waals surface area (Å²) >= 11 is 2.25. The molecule has 0 spiro atoms. The molecule has 0 radical (unpaired) electrons. The third kappa shape index (κ3) is 8.72. The molecule has 0 N–H and O–H groups in total. The lowest BCUT2D eigenvalue weighted by Crippen LogP contribution is -2.23. The molecule has 0 aliphatic carbocycles. The monoisotopic (exact) mass is 356 g/mol. The van der Waals surface area contributed by atoms with E-state index < -0.39 is 8.07 Å². The summed E-state index contributed by atoms with van der Waals surface area (Å²) in [5, 5.41) is 0. The second-order valence-electron chi connectivity index (χ2n) is 5.25. The van der Waals surface area contributed by atoms with Gasteiger partial charge in [-0.15, -0.1) is 0 Å². The predicted octanol–water partition coefficient (Wildman–Crippen LogP) is 4.43. The van der Waals surface area contributed by atoms with Gasteiger partial charge >= 0.3 is 0 Å². The van der Waals surface area contributed by atoms with Gasteiger partial charge in [-0.25, -0.2) is 0 Å². The average molecular weight is 356 g/mol. The molecule has 0 aromatic carbocycles. The van der Waals surface area contributed by atoms with Crippen LogP contribution in [0.3, 0.4) is 0 Å². The van der Waals surface area contributed by atoms with Crippen molar-refractivity contribution < 1.29 is 9.47 Å². The van der Waals surface area contributed by atoms with Gasteiger partial charge in [0.05, 0.1) is 6.10 Å². The molecule has 0 rings (SSSR count). The van der Waals surface area contributed by atoms with Crippen LogP contribution in [-0.2, 0) is 9.47 Å². The Morgan fingerprint density at radius 1 is 1.38 bits per heavy atom. The summed E-state index contributed by atoms with van der Waals surface area (Å²) in [6, 6.07) is 1.20. The normalized spacial score (nSPS) is 15.2. The van der Waals surface area contributed by atoms with Crippen LogP contribution in [0.5, 0.6) is 0 Å². The zero-order valence-corrected chi connectivity index (χ0v) is 14.3. The van der Waals surface area contributed by atoms with E-state index in [-0.39, 0.29) is 6.10 Å². The van der Waals surface area contributed by atoms with Gasteiger partial charge in [-0.05, 0) is 29.0 Å². The summed E-state index contributed by atoms with van der Waals surface area (Å²) in [5.74, 6) is 0. The molecule has 0 amide bonds. The fourth-order valence-electron chi connectivity index (χ4n) is 1.21. The standard InChI is InChI=1S/C12H25IO2Si/c1-6-12(11(2)9-13)15-10-14-7-8-16(3,4)5/h9,12H,6-8,10H2,1-5H3/b11-9+/t12-/m0/s1. The summed E-state index contributed by atoms with van der Waals surface area (Å²) < 4.78 is 13.3. The van der Waals surface area contributed by atoms with Gasteiger partial charge in [-0.2, -0.15) is 0 Å². The molecule has 0 saturated carbocycles. The maximum Gasteiger partial charge on any atom is 0.147 e. The summed E-state index contributed by atoms with van der Waals surface area (Å²) in [7, 11) is -0.965. The van der Waals surface area contributed by atoms with E-state index in [0.717, 1.165) is 13.0 Å². The lowest BCUT2D eigenvalue weighted by atomic mass is 10.1. The third-order valence-corrected chi connectivity index (χ3v) is 5.09. The van der Waals surface area contributed by atoms with E-state index in [4.69, 9.17) is 9.47 Å². The molecular formula is C12H25IO2Si. The molecule has 0 bridgehead atoms. The van der Waals surface area contributed by atoms with Gasteiger partial charge in [0, 0.05) is 14.7 Å². The molecule has 2 nitrogen and oxygen atoms in total. The quantitative estimate of drug-likeness (QED) is 0.277. The number of hydrogen-bond acceptors (Lipinski definition) is 2. The summed E-state index contributed by atoms with van der Waals surface area (Å²) in [4.78, 5) is 0.